The summed E-state index contributed by atoms with van der Waals surface area (Å²) in [7, 11) is 1.51. The molecule has 128 valence electrons. The molecule has 4 rings (SSSR count). The van der Waals surface area contributed by atoms with E-state index < -0.39 is 5.85 Å². The lowest BCUT2D eigenvalue weighted by molar-refractivity contribution is -0.614. The zero-order chi connectivity index (χ0) is 18.0. The van der Waals surface area contributed by atoms with E-state index >= 15 is 0 Å². The lowest BCUT2D eigenvalue weighted by Gasteiger charge is -2.23. The summed E-state index contributed by atoms with van der Waals surface area (Å²) in [6.45, 7) is 0. The maximum Gasteiger partial charge on any atom is 0.410 e. The first-order valence-corrected chi connectivity index (χ1v) is 8.42. The molecule has 26 heavy (non-hydrogen) atoms. The molecule has 0 saturated heterocycles. The van der Waals surface area contributed by atoms with Gasteiger partial charge in [-0.2, -0.15) is 4.99 Å². The lowest BCUT2D eigenvalue weighted by Crippen LogP contribution is -2.36. The van der Waals surface area contributed by atoms with Gasteiger partial charge < -0.3 is 5.21 Å². The third kappa shape index (κ3) is 2.52. The summed E-state index contributed by atoms with van der Waals surface area (Å²) >= 11 is 0. The fourth-order valence-corrected chi connectivity index (χ4v) is 3.23. The smallest absolute Gasteiger partial charge is 0.410 e. The van der Waals surface area contributed by atoms with Crippen molar-refractivity contribution in [1.82, 2.24) is 0 Å². The topological polar surface area (TPSA) is 47.7 Å². The molecule has 3 aromatic carbocycles. The molecular formula is C22H18N2O2. The molecule has 1 aliphatic heterocycles. The Hall–Kier alpha value is -3.24. The first-order valence-electron chi connectivity index (χ1n) is 8.42. The average Bonchev–Trinajstić information content (AvgIpc) is 3.03. The van der Waals surface area contributed by atoms with Crippen molar-refractivity contribution in [3.05, 3.63) is 113 Å². The molecule has 4 heteroatoms. The molecule has 0 saturated carbocycles. The molecule has 1 aliphatic rings. The standard InChI is InChI=1S/C22H18N2O2/c1-26-22(19-15-9-4-10-16-19)23-20(17-11-5-2-6-12-17)21(24(22)25)18-13-7-3-8-14-18/h2-16H,1H3. The van der Waals surface area contributed by atoms with Crippen LogP contribution >= 0.6 is 0 Å². The lowest BCUT2D eigenvalue weighted by atomic mass is 10.0. The largest absolute Gasteiger partial charge is 0.619 e. The highest BCUT2D eigenvalue weighted by molar-refractivity contribution is 6.52. The zero-order valence-corrected chi connectivity index (χ0v) is 14.4. The predicted molar refractivity (Wildman–Crippen MR) is 102 cm³/mol. The summed E-state index contributed by atoms with van der Waals surface area (Å²) in [4.78, 5) is 4.79. The molecule has 0 fully saturated rings. The Morgan fingerprint density at radius 2 is 1.27 bits per heavy atom. The Balaban J connectivity index is 2.00. The maximum absolute atomic E-state index is 13.5. The van der Waals surface area contributed by atoms with Crippen molar-refractivity contribution in [2.75, 3.05) is 7.11 Å². The van der Waals surface area contributed by atoms with E-state index in [4.69, 9.17) is 9.73 Å². The van der Waals surface area contributed by atoms with Gasteiger partial charge >= 0.3 is 5.85 Å². The van der Waals surface area contributed by atoms with Gasteiger partial charge in [0.25, 0.3) is 0 Å². The third-order valence-electron chi connectivity index (χ3n) is 4.49. The Bertz CT molecular complexity index is 967. The van der Waals surface area contributed by atoms with Gasteiger partial charge in [0, 0.05) is 18.2 Å². The SMILES string of the molecule is COC1(c2ccccc2)N=C(c2ccccc2)C(c2ccccc2)=[N+]1[O-]. The quantitative estimate of drug-likeness (QED) is 0.532. The summed E-state index contributed by atoms with van der Waals surface area (Å²) in [5, 5.41) is 13.5. The summed E-state index contributed by atoms with van der Waals surface area (Å²) in [6, 6.07) is 28.7. The van der Waals surface area contributed by atoms with Gasteiger partial charge in [0.15, 0.2) is 0 Å². The second-order valence-corrected chi connectivity index (χ2v) is 6.01. The van der Waals surface area contributed by atoms with Crippen molar-refractivity contribution in [2.24, 2.45) is 4.99 Å². The minimum atomic E-state index is -1.43. The Morgan fingerprint density at radius 3 is 1.81 bits per heavy atom. The van der Waals surface area contributed by atoms with Crippen LogP contribution in [0.15, 0.2) is 96.0 Å². The molecule has 0 radical (unpaired) electrons. The van der Waals surface area contributed by atoms with Crippen LogP contribution in [0.1, 0.15) is 16.7 Å². The minimum Gasteiger partial charge on any atom is -0.619 e. The summed E-state index contributed by atoms with van der Waals surface area (Å²) < 4.78 is 6.58. The van der Waals surface area contributed by atoms with Crippen molar-refractivity contribution in [2.45, 2.75) is 5.85 Å². The number of rotatable bonds is 4. The number of ether oxygens (including phenoxy) is 1. The Kier molecular flexibility index (Phi) is 4.11. The van der Waals surface area contributed by atoms with Gasteiger partial charge in [-0.3, -0.25) is 4.74 Å². The van der Waals surface area contributed by atoms with Crippen LogP contribution in [0.5, 0.6) is 0 Å². The molecule has 0 amide bonds. The van der Waals surface area contributed by atoms with E-state index in [1.54, 1.807) is 0 Å². The van der Waals surface area contributed by atoms with Crippen LogP contribution in [0, 0.1) is 5.21 Å². The highest BCUT2D eigenvalue weighted by Crippen LogP contribution is 2.34. The first kappa shape index (κ1) is 16.2. The molecule has 0 spiro atoms. The first-order chi connectivity index (χ1) is 12.8. The number of methoxy groups -OCH3 is 1. The Labute approximate surface area is 152 Å². The number of nitrogens with zero attached hydrogens (tertiary/aromatic N) is 2. The van der Waals surface area contributed by atoms with E-state index in [2.05, 4.69) is 0 Å². The van der Waals surface area contributed by atoms with Crippen molar-refractivity contribution < 1.29 is 9.48 Å². The molecule has 1 heterocycles. The Morgan fingerprint density at radius 1 is 0.769 bits per heavy atom. The van der Waals surface area contributed by atoms with Gasteiger partial charge in [-0.25, -0.2) is 0 Å². The second-order valence-electron chi connectivity index (χ2n) is 6.01. The van der Waals surface area contributed by atoms with Crippen LogP contribution in [0.2, 0.25) is 0 Å². The zero-order valence-electron chi connectivity index (χ0n) is 14.4. The average molecular weight is 342 g/mol. The van der Waals surface area contributed by atoms with Gasteiger partial charge in [0.2, 0.25) is 5.71 Å². The molecule has 4 nitrogen and oxygen atoms in total. The van der Waals surface area contributed by atoms with Gasteiger partial charge in [0.05, 0.1) is 5.56 Å². The molecule has 1 atom stereocenters. The van der Waals surface area contributed by atoms with Crippen molar-refractivity contribution >= 4 is 11.4 Å². The number of aliphatic imine (C=N–C) groups is 1. The highest BCUT2D eigenvalue weighted by Gasteiger charge is 2.50. The molecule has 3 aromatic rings. The van der Waals surface area contributed by atoms with E-state index in [-0.39, 0.29) is 0 Å². The van der Waals surface area contributed by atoms with Crippen LogP contribution in [-0.2, 0) is 10.6 Å². The molecule has 0 aromatic heterocycles. The molecule has 0 bridgehead atoms. The van der Waals surface area contributed by atoms with Crippen LogP contribution in [0.3, 0.4) is 0 Å². The monoisotopic (exact) mass is 342 g/mol. The summed E-state index contributed by atoms with van der Waals surface area (Å²) in [5.74, 6) is -1.43. The van der Waals surface area contributed by atoms with Crippen molar-refractivity contribution in [1.29, 1.82) is 0 Å². The van der Waals surface area contributed by atoms with Gasteiger partial charge in [-0.1, -0.05) is 66.7 Å². The van der Waals surface area contributed by atoms with E-state index in [9.17, 15) is 5.21 Å². The van der Waals surface area contributed by atoms with Crippen molar-refractivity contribution in [3.63, 3.8) is 0 Å². The van der Waals surface area contributed by atoms with E-state index in [0.717, 1.165) is 15.9 Å². The van der Waals surface area contributed by atoms with Crippen LogP contribution in [0.25, 0.3) is 0 Å². The number of hydrogen-bond donors (Lipinski definition) is 0. The number of hydroxylamine groups is 1. The van der Waals surface area contributed by atoms with Gasteiger partial charge in [-0.05, 0) is 24.3 Å². The normalized spacial score (nSPS) is 19.5. The van der Waals surface area contributed by atoms with E-state index in [1.165, 1.54) is 7.11 Å². The molecule has 0 N–H and O–H groups in total. The van der Waals surface area contributed by atoms with Crippen molar-refractivity contribution in [3.8, 4) is 0 Å². The third-order valence-corrected chi connectivity index (χ3v) is 4.49. The fourth-order valence-electron chi connectivity index (χ4n) is 3.23. The van der Waals surface area contributed by atoms with Crippen LogP contribution in [-0.4, -0.2) is 23.3 Å². The fraction of sp³-hybridized carbons (Fsp3) is 0.0909. The molecule has 0 aliphatic carbocycles. The van der Waals surface area contributed by atoms with Gasteiger partial charge in [-0.15, -0.1) is 4.74 Å². The molecular weight excluding hydrogens is 324 g/mol. The highest BCUT2D eigenvalue weighted by atomic mass is 16.6. The maximum atomic E-state index is 13.5. The summed E-state index contributed by atoms with van der Waals surface area (Å²) in [6.07, 6.45) is 0. The number of benzene rings is 3. The molecule has 1 unspecified atom stereocenters. The number of hydrogen-bond acceptors (Lipinski definition) is 3. The van der Waals surface area contributed by atoms with Crippen LogP contribution < -0.4 is 0 Å². The van der Waals surface area contributed by atoms with E-state index in [1.807, 2.05) is 91.0 Å². The van der Waals surface area contributed by atoms with E-state index in [0.29, 0.717) is 17.0 Å². The van der Waals surface area contributed by atoms with Gasteiger partial charge in [0.1, 0.15) is 5.71 Å². The van der Waals surface area contributed by atoms with Crippen LogP contribution in [0.4, 0.5) is 0 Å². The predicted octanol–water partition coefficient (Wildman–Crippen LogP) is 3.95. The summed E-state index contributed by atoms with van der Waals surface area (Å²) in [5.41, 5.74) is 3.50. The minimum absolute atomic E-state index is 0.502. The second kappa shape index (κ2) is 6.58.